The third-order valence-corrected chi connectivity index (χ3v) is 5.00. The maximum absolute atomic E-state index is 13.0. The lowest BCUT2D eigenvalue weighted by Gasteiger charge is -2.28. The third kappa shape index (κ3) is 3.54. The van der Waals surface area contributed by atoms with Gasteiger partial charge < -0.3 is 10.2 Å². The van der Waals surface area contributed by atoms with Gasteiger partial charge in [0.15, 0.2) is 0 Å². The largest absolute Gasteiger partial charge is 0.338 e. The fourth-order valence-corrected chi connectivity index (χ4v) is 3.50. The van der Waals surface area contributed by atoms with Crippen LogP contribution in [0.15, 0.2) is 30.5 Å². The van der Waals surface area contributed by atoms with Crippen LogP contribution in [-0.4, -0.2) is 40.4 Å². The lowest BCUT2D eigenvalue weighted by molar-refractivity contribution is -0.131. The molecule has 1 aromatic heterocycles. The molecule has 1 N–H and O–H groups in total. The summed E-state index contributed by atoms with van der Waals surface area (Å²) in [4.78, 5) is 23.6. The number of carbonyl (C=O) groups excluding carboxylic acids is 1. The summed E-state index contributed by atoms with van der Waals surface area (Å²) in [5.74, 6) is 1.10. The van der Waals surface area contributed by atoms with Crippen LogP contribution in [0.3, 0.4) is 0 Å². The molecule has 1 fully saturated rings. The highest BCUT2D eigenvalue weighted by molar-refractivity contribution is 5.79. The summed E-state index contributed by atoms with van der Waals surface area (Å²) in [6.45, 7) is 3.20. The van der Waals surface area contributed by atoms with Gasteiger partial charge in [0, 0.05) is 43.7 Å². The van der Waals surface area contributed by atoms with Crippen LogP contribution >= 0.6 is 0 Å². The van der Waals surface area contributed by atoms with Gasteiger partial charge >= 0.3 is 0 Å². The van der Waals surface area contributed by atoms with Crippen molar-refractivity contribution in [3.63, 3.8) is 0 Å². The van der Waals surface area contributed by atoms with E-state index in [0.717, 1.165) is 48.6 Å². The summed E-state index contributed by atoms with van der Waals surface area (Å²) in [5, 5.41) is 3.34. The summed E-state index contributed by atoms with van der Waals surface area (Å²) in [7, 11) is 0. The normalized spacial score (nSPS) is 19.7. The Kier molecular flexibility index (Phi) is 4.44. The second-order valence-corrected chi connectivity index (χ2v) is 6.76. The van der Waals surface area contributed by atoms with Crippen molar-refractivity contribution in [1.82, 2.24) is 20.2 Å². The van der Waals surface area contributed by atoms with E-state index in [0.29, 0.717) is 25.4 Å². The molecule has 1 amide bonds. The van der Waals surface area contributed by atoms with Gasteiger partial charge in [-0.1, -0.05) is 12.1 Å². The van der Waals surface area contributed by atoms with Crippen LogP contribution in [0.2, 0.25) is 0 Å². The van der Waals surface area contributed by atoms with Crippen molar-refractivity contribution in [1.29, 1.82) is 0 Å². The lowest BCUT2D eigenvalue weighted by atomic mass is 10.0. The molecule has 0 spiro atoms. The average molecular weight is 340 g/mol. The summed E-state index contributed by atoms with van der Waals surface area (Å²) < 4.78 is 13.0. The average Bonchev–Trinajstić information content (AvgIpc) is 3.17. The molecule has 1 atom stereocenters. The van der Waals surface area contributed by atoms with Gasteiger partial charge in [0.25, 0.3) is 0 Å². The molecule has 0 radical (unpaired) electrons. The van der Waals surface area contributed by atoms with Gasteiger partial charge in [-0.2, -0.15) is 0 Å². The standard InChI is InChI=1S/C19H21FN4O/c20-16-3-1-13(2-4-16)9-18(25)24-8-6-17-15(12-24)11-22-19(23-17)14-5-7-21-10-14/h1-4,11,14,21H,5-10,12H2/t14-/m0/s1. The van der Waals surface area contributed by atoms with E-state index >= 15 is 0 Å². The van der Waals surface area contributed by atoms with Gasteiger partial charge in [-0.25, -0.2) is 14.4 Å². The molecule has 0 unspecified atom stereocenters. The van der Waals surface area contributed by atoms with Crippen LogP contribution in [-0.2, 0) is 24.2 Å². The number of amides is 1. The first-order valence-corrected chi connectivity index (χ1v) is 8.76. The highest BCUT2D eigenvalue weighted by Crippen LogP contribution is 2.23. The number of carbonyl (C=O) groups is 1. The smallest absolute Gasteiger partial charge is 0.227 e. The zero-order valence-electron chi connectivity index (χ0n) is 14.0. The van der Waals surface area contributed by atoms with E-state index in [1.54, 1.807) is 12.1 Å². The monoisotopic (exact) mass is 340 g/mol. The van der Waals surface area contributed by atoms with Crippen molar-refractivity contribution in [2.75, 3.05) is 19.6 Å². The molecular weight excluding hydrogens is 319 g/mol. The molecule has 1 aromatic carbocycles. The summed E-state index contributed by atoms with van der Waals surface area (Å²) in [6.07, 6.45) is 4.02. The van der Waals surface area contributed by atoms with Crippen molar-refractivity contribution in [2.24, 2.45) is 0 Å². The molecular formula is C19H21FN4O. The molecule has 5 nitrogen and oxygen atoms in total. The summed E-state index contributed by atoms with van der Waals surface area (Å²) in [6, 6.07) is 6.11. The van der Waals surface area contributed by atoms with Crippen molar-refractivity contribution in [2.45, 2.75) is 31.7 Å². The van der Waals surface area contributed by atoms with Gasteiger partial charge in [-0.05, 0) is 30.7 Å². The number of benzene rings is 1. The molecule has 4 rings (SSSR count). The van der Waals surface area contributed by atoms with E-state index in [2.05, 4.69) is 10.3 Å². The maximum Gasteiger partial charge on any atom is 0.227 e. The van der Waals surface area contributed by atoms with Crippen molar-refractivity contribution in [3.8, 4) is 0 Å². The molecule has 6 heteroatoms. The van der Waals surface area contributed by atoms with Crippen molar-refractivity contribution in [3.05, 3.63) is 58.9 Å². The number of rotatable bonds is 3. The van der Waals surface area contributed by atoms with Gasteiger partial charge in [0.1, 0.15) is 11.6 Å². The molecule has 130 valence electrons. The fourth-order valence-electron chi connectivity index (χ4n) is 3.50. The number of aromatic nitrogens is 2. The number of hydrogen-bond donors (Lipinski definition) is 1. The quantitative estimate of drug-likeness (QED) is 0.926. The minimum absolute atomic E-state index is 0.0568. The number of hydrogen-bond acceptors (Lipinski definition) is 4. The van der Waals surface area contributed by atoms with Gasteiger partial charge in [0.05, 0.1) is 12.1 Å². The van der Waals surface area contributed by atoms with E-state index in [4.69, 9.17) is 4.98 Å². The molecule has 0 aliphatic carbocycles. The van der Waals surface area contributed by atoms with Crippen LogP contribution in [0.25, 0.3) is 0 Å². The Morgan fingerprint density at radius 3 is 2.92 bits per heavy atom. The van der Waals surface area contributed by atoms with E-state index in [-0.39, 0.29) is 11.7 Å². The fraction of sp³-hybridized carbons (Fsp3) is 0.421. The van der Waals surface area contributed by atoms with Crippen LogP contribution in [0.1, 0.15) is 35.0 Å². The Hall–Kier alpha value is -2.34. The number of nitrogens with one attached hydrogen (secondary N) is 1. The van der Waals surface area contributed by atoms with Crippen molar-refractivity contribution >= 4 is 5.91 Å². The van der Waals surface area contributed by atoms with Crippen molar-refractivity contribution < 1.29 is 9.18 Å². The first-order valence-electron chi connectivity index (χ1n) is 8.76. The first kappa shape index (κ1) is 16.1. The SMILES string of the molecule is O=C(Cc1ccc(F)cc1)N1CCc2nc([C@H]3CCNC3)ncc2C1. The zero-order chi connectivity index (χ0) is 17.2. The minimum atomic E-state index is -0.284. The van der Waals surface area contributed by atoms with Crippen LogP contribution < -0.4 is 5.32 Å². The molecule has 0 saturated carbocycles. The number of fused-ring (bicyclic) bond motifs is 1. The predicted octanol–water partition coefficient (Wildman–Crippen LogP) is 1.82. The Bertz CT molecular complexity index is 771. The predicted molar refractivity (Wildman–Crippen MR) is 91.5 cm³/mol. The zero-order valence-corrected chi connectivity index (χ0v) is 14.0. The van der Waals surface area contributed by atoms with Gasteiger partial charge in [-0.3, -0.25) is 4.79 Å². The van der Waals surface area contributed by atoms with E-state index in [1.807, 2.05) is 11.1 Å². The van der Waals surface area contributed by atoms with Crippen LogP contribution in [0, 0.1) is 5.82 Å². The van der Waals surface area contributed by atoms with Crippen LogP contribution in [0.4, 0.5) is 4.39 Å². The Morgan fingerprint density at radius 1 is 1.32 bits per heavy atom. The summed E-state index contributed by atoms with van der Waals surface area (Å²) in [5.41, 5.74) is 2.94. The molecule has 1 saturated heterocycles. The van der Waals surface area contributed by atoms with Gasteiger partial charge in [0.2, 0.25) is 5.91 Å². The second kappa shape index (κ2) is 6.88. The highest BCUT2D eigenvalue weighted by atomic mass is 19.1. The topological polar surface area (TPSA) is 58.1 Å². The molecule has 0 bridgehead atoms. The third-order valence-electron chi connectivity index (χ3n) is 5.00. The highest BCUT2D eigenvalue weighted by Gasteiger charge is 2.25. The Labute approximate surface area is 146 Å². The maximum atomic E-state index is 13.0. The van der Waals surface area contributed by atoms with Crippen LogP contribution in [0.5, 0.6) is 0 Å². The van der Waals surface area contributed by atoms with E-state index in [1.165, 1.54) is 12.1 Å². The van der Waals surface area contributed by atoms with E-state index < -0.39 is 0 Å². The molecule has 2 aliphatic heterocycles. The Balaban J connectivity index is 1.43. The first-order chi connectivity index (χ1) is 12.2. The van der Waals surface area contributed by atoms with E-state index in [9.17, 15) is 9.18 Å². The van der Waals surface area contributed by atoms with Gasteiger partial charge in [-0.15, -0.1) is 0 Å². The minimum Gasteiger partial charge on any atom is -0.338 e. The molecule has 2 aliphatic rings. The lowest BCUT2D eigenvalue weighted by Crippen LogP contribution is -2.37. The molecule has 25 heavy (non-hydrogen) atoms. The number of nitrogens with zero attached hydrogens (tertiary/aromatic N) is 3. The molecule has 2 aromatic rings. The number of halogens is 1. The Morgan fingerprint density at radius 2 is 2.16 bits per heavy atom. The summed E-state index contributed by atoms with van der Waals surface area (Å²) >= 11 is 0. The second-order valence-electron chi connectivity index (χ2n) is 6.76. The molecule has 3 heterocycles.